The predicted molar refractivity (Wildman–Crippen MR) is 77.8 cm³/mol. The zero-order chi connectivity index (χ0) is 15.1. The highest BCUT2D eigenvalue weighted by atomic mass is 16.5. The summed E-state index contributed by atoms with van der Waals surface area (Å²) in [7, 11) is 1.48. The number of hydrogen-bond donors (Lipinski definition) is 1. The number of amides is 1. The van der Waals surface area contributed by atoms with Crippen molar-refractivity contribution < 1.29 is 18.4 Å². The number of anilines is 1. The molecule has 6 nitrogen and oxygen atoms in total. The summed E-state index contributed by atoms with van der Waals surface area (Å²) in [6, 6.07) is 3.40. The van der Waals surface area contributed by atoms with E-state index >= 15 is 0 Å². The van der Waals surface area contributed by atoms with Gasteiger partial charge in [0.2, 0.25) is 11.7 Å². The van der Waals surface area contributed by atoms with Crippen molar-refractivity contribution >= 4 is 33.5 Å². The quantitative estimate of drug-likeness (QED) is 0.733. The van der Waals surface area contributed by atoms with Gasteiger partial charge in [0.05, 0.1) is 13.4 Å². The van der Waals surface area contributed by atoms with Gasteiger partial charge in [-0.15, -0.1) is 0 Å². The van der Waals surface area contributed by atoms with Gasteiger partial charge in [-0.2, -0.15) is 0 Å². The summed E-state index contributed by atoms with van der Waals surface area (Å²) in [6.45, 7) is 3.23. The van der Waals surface area contributed by atoms with Crippen molar-refractivity contribution in [1.82, 2.24) is 0 Å². The summed E-state index contributed by atoms with van der Waals surface area (Å²) < 4.78 is 16.1. The highest BCUT2D eigenvalue weighted by Gasteiger charge is 2.17. The number of furan rings is 1. The lowest BCUT2D eigenvalue weighted by Crippen LogP contribution is -2.14. The van der Waals surface area contributed by atoms with Crippen molar-refractivity contribution in [2.24, 2.45) is 0 Å². The van der Waals surface area contributed by atoms with Crippen molar-refractivity contribution in [2.45, 2.75) is 13.8 Å². The van der Waals surface area contributed by atoms with Crippen LogP contribution in [0, 0.1) is 6.92 Å². The number of nitrogens with one attached hydrogen (secondary N) is 1. The summed E-state index contributed by atoms with van der Waals surface area (Å²) in [5, 5.41) is 3.96. The van der Waals surface area contributed by atoms with E-state index in [4.69, 9.17) is 13.6 Å². The molecule has 2 aromatic heterocycles. The fraction of sp³-hybridized carbons (Fsp3) is 0.200. The molecular weight excluding hydrogens is 274 g/mol. The minimum atomic E-state index is -0.640. The van der Waals surface area contributed by atoms with Gasteiger partial charge in [0.15, 0.2) is 11.2 Å². The van der Waals surface area contributed by atoms with Crippen LogP contribution in [0.3, 0.4) is 0 Å². The van der Waals surface area contributed by atoms with Crippen molar-refractivity contribution in [3.05, 3.63) is 34.4 Å². The summed E-state index contributed by atoms with van der Waals surface area (Å²) in [6.07, 6.45) is 1.61. The molecule has 6 heteroatoms. The second kappa shape index (κ2) is 4.66. The van der Waals surface area contributed by atoms with Gasteiger partial charge in [-0.25, -0.2) is 4.79 Å². The molecule has 2 heterocycles. The Morgan fingerprint density at radius 1 is 1.29 bits per heavy atom. The molecule has 3 aromatic rings. The van der Waals surface area contributed by atoms with Crippen LogP contribution in [0.2, 0.25) is 0 Å². The van der Waals surface area contributed by atoms with E-state index in [-0.39, 0.29) is 11.6 Å². The van der Waals surface area contributed by atoms with E-state index in [0.29, 0.717) is 22.3 Å². The third-order valence-electron chi connectivity index (χ3n) is 3.23. The monoisotopic (exact) mass is 287 g/mol. The first-order valence-corrected chi connectivity index (χ1v) is 6.31. The van der Waals surface area contributed by atoms with Crippen molar-refractivity contribution in [3.8, 4) is 5.75 Å². The van der Waals surface area contributed by atoms with E-state index in [1.165, 1.54) is 14.0 Å². The first kappa shape index (κ1) is 13.2. The molecule has 3 rings (SSSR count). The van der Waals surface area contributed by atoms with E-state index in [1.54, 1.807) is 12.3 Å². The lowest BCUT2D eigenvalue weighted by Gasteiger charge is -2.07. The molecule has 0 atom stereocenters. The molecule has 0 spiro atoms. The number of fused-ring (bicyclic) bond motifs is 2. The summed E-state index contributed by atoms with van der Waals surface area (Å²) in [4.78, 5) is 23.0. The molecule has 0 aliphatic carbocycles. The average Bonchev–Trinajstić information content (AvgIpc) is 2.78. The summed E-state index contributed by atoms with van der Waals surface area (Å²) >= 11 is 0. The molecule has 0 radical (unpaired) electrons. The number of carbonyl (C=O) groups excluding carboxylic acids is 1. The van der Waals surface area contributed by atoms with Gasteiger partial charge >= 0.3 is 5.63 Å². The maximum atomic E-state index is 11.9. The predicted octanol–water partition coefficient (Wildman–Crippen LogP) is 2.81. The van der Waals surface area contributed by atoms with Crippen LogP contribution in [-0.2, 0) is 4.79 Å². The molecule has 0 fully saturated rings. The van der Waals surface area contributed by atoms with Gasteiger partial charge in [0.25, 0.3) is 0 Å². The normalized spacial score (nSPS) is 11.0. The minimum absolute atomic E-state index is 0.0950. The molecule has 0 aliphatic heterocycles. The van der Waals surface area contributed by atoms with Crippen LogP contribution < -0.4 is 15.7 Å². The van der Waals surface area contributed by atoms with Crippen molar-refractivity contribution in [2.75, 3.05) is 12.4 Å². The van der Waals surface area contributed by atoms with Crippen LogP contribution in [0.15, 0.2) is 32.0 Å². The number of methoxy groups -OCH3 is 1. The maximum absolute atomic E-state index is 11.9. The molecule has 0 saturated carbocycles. The van der Waals surface area contributed by atoms with E-state index in [1.807, 2.05) is 13.0 Å². The maximum Gasteiger partial charge on any atom is 0.360 e. The minimum Gasteiger partial charge on any atom is -0.490 e. The van der Waals surface area contributed by atoms with Gasteiger partial charge in [-0.05, 0) is 24.6 Å². The van der Waals surface area contributed by atoms with E-state index in [0.717, 1.165) is 10.9 Å². The number of benzene rings is 1. The highest BCUT2D eigenvalue weighted by molar-refractivity contribution is 6.02. The fourth-order valence-electron chi connectivity index (χ4n) is 2.30. The second-order valence-electron chi connectivity index (χ2n) is 4.75. The zero-order valence-corrected chi connectivity index (χ0v) is 11.8. The number of rotatable bonds is 2. The molecule has 1 N–H and O–H groups in total. The Morgan fingerprint density at radius 3 is 2.71 bits per heavy atom. The SMILES string of the molecule is COc1c2oc(=O)c(NC(C)=O)cc2cc2c(C)coc12. The Hall–Kier alpha value is -2.76. The van der Waals surface area contributed by atoms with Crippen molar-refractivity contribution in [3.63, 3.8) is 0 Å². The molecule has 0 bridgehead atoms. The van der Waals surface area contributed by atoms with Crippen LogP contribution in [0.5, 0.6) is 5.75 Å². The Morgan fingerprint density at radius 2 is 2.05 bits per heavy atom. The molecule has 1 aromatic carbocycles. The molecule has 21 heavy (non-hydrogen) atoms. The van der Waals surface area contributed by atoms with E-state index in [2.05, 4.69) is 5.32 Å². The number of hydrogen-bond acceptors (Lipinski definition) is 5. The largest absolute Gasteiger partial charge is 0.490 e. The molecule has 108 valence electrons. The first-order valence-electron chi connectivity index (χ1n) is 6.31. The van der Waals surface area contributed by atoms with Gasteiger partial charge in [-0.1, -0.05) is 0 Å². The number of carbonyl (C=O) groups is 1. The Bertz CT molecular complexity index is 919. The molecule has 1 amide bonds. The lowest BCUT2D eigenvalue weighted by atomic mass is 10.1. The molecular formula is C15H13NO5. The van der Waals surface area contributed by atoms with Crippen LogP contribution in [0.4, 0.5) is 5.69 Å². The van der Waals surface area contributed by atoms with Gasteiger partial charge in [0.1, 0.15) is 5.69 Å². The van der Waals surface area contributed by atoms with Crippen LogP contribution in [-0.4, -0.2) is 13.0 Å². The van der Waals surface area contributed by atoms with Crippen molar-refractivity contribution in [1.29, 1.82) is 0 Å². The average molecular weight is 287 g/mol. The smallest absolute Gasteiger partial charge is 0.360 e. The molecule has 0 saturated heterocycles. The fourth-order valence-corrected chi connectivity index (χ4v) is 2.30. The van der Waals surface area contributed by atoms with Crippen LogP contribution in [0.25, 0.3) is 21.9 Å². The molecule has 0 aliphatic rings. The summed E-state index contributed by atoms with van der Waals surface area (Å²) in [5.74, 6) is 0.0243. The Labute approximate surface area is 119 Å². The third-order valence-corrected chi connectivity index (χ3v) is 3.23. The second-order valence-corrected chi connectivity index (χ2v) is 4.75. The number of ether oxygens (including phenoxy) is 1. The van der Waals surface area contributed by atoms with E-state index < -0.39 is 5.63 Å². The Balaban J connectivity index is 2.40. The Kier molecular flexibility index (Phi) is 2.94. The lowest BCUT2D eigenvalue weighted by molar-refractivity contribution is -0.114. The van der Waals surface area contributed by atoms with Crippen LogP contribution >= 0.6 is 0 Å². The third kappa shape index (κ3) is 2.05. The molecule has 0 unspecified atom stereocenters. The topological polar surface area (TPSA) is 81.7 Å². The van der Waals surface area contributed by atoms with Gasteiger partial charge in [0, 0.05) is 17.7 Å². The zero-order valence-electron chi connectivity index (χ0n) is 11.8. The highest BCUT2D eigenvalue weighted by Crippen LogP contribution is 2.37. The van der Waals surface area contributed by atoms with Gasteiger partial charge < -0.3 is 18.9 Å². The van der Waals surface area contributed by atoms with E-state index in [9.17, 15) is 9.59 Å². The first-order chi connectivity index (χ1) is 10.0. The number of aryl methyl sites for hydroxylation is 1. The summed E-state index contributed by atoms with van der Waals surface area (Å²) in [5.41, 5.74) is 1.21. The van der Waals surface area contributed by atoms with Gasteiger partial charge in [-0.3, -0.25) is 4.79 Å². The van der Waals surface area contributed by atoms with Crippen LogP contribution in [0.1, 0.15) is 12.5 Å². The standard InChI is InChI=1S/C15H13NO5/c1-7-6-20-13-10(7)4-9-5-11(16-8(2)17)15(18)21-12(9)14(13)19-3/h4-6H,1-3H3,(H,16,17).